The third-order valence-electron chi connectivity index (χ3n) is 4.24. The van der Waals surface area contributed by atoms with Crippen molar-refractivity contribution in [3.63, 3.8) is 0 Å². The molecule has 142 valence electrons. The predicted octanol–water partition coefficient (Wildman–Crippen LogP) is 4.26. The van der Waals surface area contributed by atoms with Gasteiger partial charge < -0.3 is 15.2 Å². The van der Waals surface area contributed by atoms with Gasteiger partial charge in [-0.25, -0.2) is 9.18 Å². The van der Waals surface area contributed by atoms with Gasteiger partial charge in [0.2, 0.25) is 5.88 Å². The molecule has 0 bridgehead atoms. The molecule has 2 aromatic rings. The predicted molar refractivity (Wildman–Crippen MR) is 102 cm³/mol. The van der Waals surface area contributed by atoms with Crippen LogP contribution in [0.3, 0.4) is 0 Å². The van der Waals surface area contributed by atoms with Crippen LogP contribution in [0.1, 0.15) is 24.0 Å². The lowest BCUT2D eigenvalue weighted by molar-refractivity contribution is -0.138. The lowest BCUT2D eigenvalue weighted by Crippen LogP contribution is -2.26. The highest BCUT2D eigenvalue weighted by atomic mass is 35.5. The van der Waals surface area contributed by atoms with E-state index in [0.717, 1.165) is 0 Å². The number of allylic oxidation sites excluding steroid dienone is 1. The zero-order valence-electron chi connectivity index (χ0n) is 14.9. The van der Waals surface area contributed by atoms with Crippen LogP contribution in [-0.2, 0) is 14.3 Å². The Kier molecular flexibility index (Phi) is 5.67. The average molecular weight is 399 g/mol. The Labute approximate surface area is 166 Å². The Bertz CT molecular complexity index is 1010. The summed E-state index contributed by atoms with van der Waals surface area (Å²) in [6.07, 6.45) is 0. The van der Waals surface area contributed by atoms with Crippen molar-refractivity contribution in [1.82, 2.24) is 0 Å². The summed E-state index contributed by atoms with van der Waals surface area (Å²) in [4.78, 5) is 12.9. The normalized spacial score (nSPS) is 16.4. The van der Waals surface area contributed by atoms with Crippen molar-refractivity contribution >= 4 is 23.3 Å². The molecule has 3 rings (SSSR count). The van der Waals surface area contributed by atoms with E-state index in [0.29, 0.717) is 5.56 Å². The van der Waals surface area contributed by atoms with Gasteiger partial charge in [0.15, 0.2) is 0 Å². The number of benzene rings is 2. The lowest BCUT2D eigenvalue weighted by atomic mass is 9.81. The summed E-state index contributed by atoms with van der Waals surface area (Å²) in [6, 6.07) is 14.7. The highest BCUT2D eigenvalue weighted by Crippen LogP contribution is 2.45. The number of halogens is 2. The second kappa shape index (κ2) is 8.15. The number of hydrogen-bond donors (Lipinski definition) is 1. The highest BCUT2D eigenvalue weighted by molar-refractivity contribution is 6.31. The number of carbonyl (C=O) groups is 1. The van der Waals surface area contributed by atoms with Gasteiger partial charge in [-0.3, -0.25) is 0 Å². The third-order valence-corrected chi connectivity index (χ3v) is 4.57. The Balaban J connectivity index is 2.35. The summed E-state index contributed by atoms with van der Waals surface area (Å²) >= 11 is 6.25. The molecule has 5 nitrogen and oxygen atoms in total. The molecule has 1 heterocycles. The quantitative estimate of drug-likeness (QED) is 0.777. The molecule has 0 radical (unpaired) electrons. The number of hydrogen-bond acceptors (Lipinski definition) is 5. The lowest BCUT2D eigenvalue weighted by Gasteiger charge is -2.28. The summed E-state index contributed by atoms with van der Waals surface area (Å²) in [5.74, 6) is -2.71. The molecule has 0 aliphatic carbocycles. The van der Waals surface area contributed by atoms with Crippen LogP contribution in [-0.4, -0.2) is 12.6 Å². The van der Waals surface area contributed by atoms with Gasteiger partial charge in [-0.2, -0.15) is 5.26 Å². The molecule has 0 saturated heterocycles. The van der Waals surface area contributed by atoms with E-state index in [2.05, 4.69) is 0 Å². The van der Waals surface area contributed by atoms with Crippen molar-refractivity contribution in [2.75, 3.05) is 6.61 Å². The third kappa shape index (κ3) is 3.45. The molecule has 1 unspecified atom stereocenters. The maximum absolute atomic E-state index is 14.8. The molecule has 2 N–H and O–H groups in total. The van der Waals surface area contributed by atoms with Crippen LogP contribution in [0, 0.1) is 17.1 Å². The van der Waals surface area contributed by atoms with Crippen LogP contribution >= 0.6 is 11.6 Å². The fourth-order valence-corrected chi connectivity index (χ4v) is 3.33. The van der Waals surface area contributed by atoms with Crippen molar-refractivity contribution in [2.45, 2.75) is 12.8 Å². The summed E-state index contributed by atoms with van der Waals surface area (Å²) in [6.45, 7) is 1.73. The molecule has 1 atom stereocenters. The molecule has 0 amide bonds. The van der Waals surface area contributed by atoms with E-state index >= 15 is 0 Å². The van der Waals surface area contributed by atoms with E-state index in [4.69, 9.17) is 26.8 Å². The largest absolute Gasteiger partial charge is 0.463 e. The average Bonchev–Trinajstić information content (AvgIpc) is 2.68. The van der Waals surface area contributed by atoms with Crippen molar-refractivity contribution in [3.05, 3.63) is 87.5 Å². The standard InChI is InChI=1S/C21H16ClFN2O3/c1-2-27-21(26)18-16(17-14(22)9-6-10-15(17)23)13(11-24)20(25)28-19(18)12-7-4-3-5-8-12/h3-10,16H,2,25H2,1H3. The van der Waals surface area contributed by atoms with Crippen LogP contribution in [0.2, 0.25) is 5.02 Å². The van der Waals surface area contributed by atoms with Crippen LogP contribution in [0.5, 0.6) is 0 Å². The summed E-state index contributed by atoms with van der Waals surface area (Å²) in [7, 11) is 0. The summed E-state index contributed by atoms with van der Waals surface area (Å²) in [5.41, 5.74) is 6.30. The van der Waals surface area contributed by atoms with Gasteiger partial charge in [0.1, 0.15) is 23.2 Å². The molecule has 0 aromatic heterocycles. The Morgan fingerprint density at radius 1 is 1.29 bits per heavy atom. The van der Waals surface area contributed by atoms with Crippen LogP contribution in [0.4, 0.5) is 4.39 Å². The summed E-state index contributed by atoms with van der Waals surface area (Å²) in [5, 5.41) is 9.71. The van der Waals surface area contributed by atoms with Gasteiger partial charge in [-0.15, -0.1) is 0 Å². The highest BCUT2D eigenvalue weighted by Gasteiger charge is 2.40. The molecule has 1 aliphatic heterocycles. The van der Waals surface area contributed by atoms with Crippen molar-refractivity contribution in [2.24, 2.45) is 5.73 Å². The van der Waals surface area contributed by atoms with Crippen molar-refractivity contribution in [1.29, 1.82) is 5.26 Å². The molecule has 0 fully saturated rings. The van der Waals surface area contributed by atoms with E-state index < -0.39 is 17.7 Å². The first kappa shape index (κ1) is 19.5. The molecule has 0 spiro atoms. The molecular weight excluding hydrogens is 383 g/mol. The Morgan fingerprint density at radius 2 is 2.00 bits per heavy atom. The monoisotopic (exact) mass is 398 g/mol. The minimum atomic E-state index is -1.17. The van der Waals surface area contributed by atoms with E-state index in [9.17, 15) is 14.4 Å². The number of ether oxygens (including phenoxy) is 2. The second-order valence-corrected chi connectivity index (χ2v) is 6.30. The molecule has 2 aromatic carbocycles. The first-order chi connectivity index (χ1) is 13.5. The molecule has 1 aliphatic rings. The van der Waals surface area contributed by atoms with Gasteiger partial charge >= 0.3 is 5.97 Å². The zero-order chi connectivity index (χ0) is 20.3. The van der Waals surface area contributed by atoms with E-state index in [1.807, 2.05) is 6.07 Å². The SMILES string of the molecule is CCOC(=O)C1=C(c2ccccc2)OC(N)=C(C#N)C1c1c(F)cccc1Cl. The second-order valence-electron chi connectivity index (χ2n) is 5.89. The van der Waals surface area contributed by atoms with E-state index in [1.54, 1.807) is 37.3 Å². The number of carbonyl (C=O) groups excluding carboxylic acids is 1. The first-order valence-electron chi connectivity index (χ1n) is 8.47. The molecule has 0 saturated carbocycles. The van der Waals surface area contributed by atoms with E-state index in [1.165, 1.54) is 18.2 Å². The van der Waals surface area contributed by atoms with Crippen LogP contribution < -0.4 is 5.73 Å². The number of nitrogens with zero attached hydrogens (tertiary/aromatic N) is 1. The topological polar surface area (TPSA) is 85.3 Å². The Hall–Kier alpha value is -3.30. The summed E-state index contributed by atoms with van der Waals surface area (Å²) < 4.78 is 25.6. The minimum absolute atomic E-state index is 0.0363. The zero-order valence-corrected chi connectivity index (χ0v) is 15.7. The fraction of sp³-hybridized carbons (Fsp3) is 0.143. The van der Waals surface area contributed by atoms with Gasteiger partial charge in [0.25, 0.3) is 0 Å². The number of esters is 1. The van der Waals surface area contributed by atoms with Gasteiger partial charge in [-0.05, 0) is 19.1 Å². The maximum Gasteiger partial charge on any atom is 0.338 e. The number of nitrogens with two attached hydrogens (primary N) is 1. The molecular formula is C21H16ClFN2O3. The molecule has 7 heteroatoms. The van der Waals surface area contributed by atoms with Crippen LogP contribution in [0.15, 0.2) is 65.6 Å². The fourth-order valence-electron chi connectivity index (χ4n) is 3.06. The first-order valence-corrected chi connectivity index (χ1v) is 8.85. The van der Waals surface area contributed by atoms with E-state index in [-0.39, 0.29) is 40.0 Å². The number of nitriles is 1. The van der Waals surface area contributed by atoms with Crippen LogP contribution in [0.25, 0.3) is 5.76 Å². The molecule has 28 heavy (non-hydrogen) atoms. The smallest absolute Gasteiger partial charge is 0.338 e. The maximum atomic E-state index is 14.8. The van der Waals surface area contributed by atoms with Gasteiger partial charge in [0.05, 0.1) is 18.1 Å². The Morgan fingerprint density at radius 3 is 2.61 bits per heavy atom. The van der Waals surface area contributed by atoms with Crippen molar-refractivity contribution < 1.29 is 18.7 Å². The van der Waals surface area contributed by atoms with Crippen molar-refractivity contribution in [3.8, 4) is 6.07 Å². The number of rotatable bonds is 4. The minimum Gasteiger partial charge on any atom is -0.463 e. The van der Waals surface area contributed by atoms with Gasteiger partial charge in [0, 0.05) is 16.1 Å². The van der Waals surface area contributed by atoms with Gasteiger partial charge in [-0.1, -0.05) is 48.0 Å².